The van der Waals surface area contributed by atoms with E-state index < -0.39 is 0 Å². The molecule has 0 bridgehead atoms. The van der Waals surface area contributed by atoms with E-state index in [0.29, 0.717) is 0 Å². The summed E-state index contributed by atoms with van der Waals surface area (Å²) >= 11 is 0. The Morgan fingerprint density at radius 1 is 0.864 bits per heavy atom. The summed E-state index contributed by atoms with van der Waals surface area (Å²) in [5.74, 6) is -0.265. The lowest BCUT2D eigenvalue weighted by Gasteiger charge is -2.19. The van der Waals surface area contributed by atoms with Gasteiger partial charge in [-0.15, -0.1) is 0 Å². The summed E-state index contributed by atoms with van der Waals surface area (Å²) < 4.78 is 0. The molecule has 1 atom stereocenters. The lowest BCUT2D eigenvalue weighted by molar-refractivity contribution is 0.0937. The summed E-state index contributed by atoms with van der Waals surface area (Å²) in [6.45, 7) is 0. The van der Waals surface area contributed by atoms with E-state index in [0.717, 1.165) is 11.1 Å². The third-order valence-corrected chi connectivity index (χ3v) is 3.24. The van der Waals surface area contributed by atoms with Crippen LogP contribution in [0.1, 0.15) is 27.7 Å². The first kappa shape index (κ1) is 13.9. The quantitative estimate of drug-likeness (QED) is 0.801. The minimum absolute atomic E-state index is 0.265. The van der Waals surface area contributed by atoms with Crippen LogP contribution in [0.5, 0.6) is 0 Å². The number of carbonyl (C=O) groups excluding carboxylic acids is 1. The van der Waals surface area contributed by atoms with Crippen LogP contribution in [0, 0.1) is 0 Å². The second-order valence-corrected chi connectivity index (χ2v) is 4.69. The number of carbonyl (C=O) groups is 1. The summed E-state index contributed by atoms with van der Waals surface area (Å²) in [7, 11) is 0. The van der Waals surface area contributed by atoms with Crippen molar-refractivity contribution in [3.05, 3.63) is 90.3 Å². The van der Waals surface area contributed by atoms with Gasteiger partial charge in [-0.3, -0.25) is 14.8 Å². The predicted molar refractivity (Wildman–Crippen MR) is 82.0 cm³/mol. The molecule has 1 N–H and O–H groups in total. The maximum absolute atomic E-state index is 12.4. The van der Waals surface area contributed by atoms with Gasteiger partial charge in [0.2, 0.25) is 0 Å². The monoisotopic (exact) mass is 290 g/mol. The highest BCUT2D eigenvalue weighted by Gasteiger charge is 2.18. The molecule has 2 heterocycles. The largest absolute Gasteiger partial charge is 0.340 e. The minimum Gasteiger partial charge on any atom is -0.340 e. The fourth-order valence-corrected chi connectivity index (χ4v) is 2.18. The molecule has 0 spiro atoms. The van der Waals surface area contributed by atoms with Gasteiger partial charge in [-0.2, -0.15) is 0 Å². The Hall–Kier alpha value is -3.08. The lowest BCUT2D eigenvalue weighted by atomic mass is 9.99. The molecule has 0 radical (unpaired) electrons. The number of hydrogen-bond acceptors (Lipinski definition) is 4. The molecule has 0 aliphatic rings. The first-order valence-corrected chi connectivity index (χ1v) is 6.86. The van der Waals surface area contributed by atoms with Gasteiger partial charge in [0.05, 0.1) is 12.2 Å². The first-order valence-electron chi connectivity index (χ1n) is 6.86. The highest BCUT2D eigenvalue weighted by molar-refractivity contribution is 5.92. The maximum Gasteiger partial charge on any atom is 0.272 e. The molecule has 108 valence electrons. The fraction of sp³-hybridized carbons (Fsp3) is 0.0588. The normalized spacial score (nSPS) is 11.6. The van der Waals surface area contributed by atoms with E-state index in [1.54, 1.807) is 12.4 Å². The summed E-state index contributed by atoms with van der Waals surface area (Å²) in [5.41, 5.74) is 2.24. The summed E-state index contributed by atoms with van der Waals surface area (Å²) in [5, 5.41) is 3.00. The van der Waals surface area contributed by atoms with Gasteiger partial charge in [-0.05, 0) is 23.3 Å². The van der Waals surface area contributed by atoms with Crippen molar-refractivity contribution in [2.45, 2.75) is 6.04 Å². The van der Waals surface area contributed by atoms with Crippen molar-refractivity contribution >= 4 is 5.91 Å². The summed E-state index contributed by atoms with van der Waals surface area (Å²) in [6.07, 6.45) is 7.90. The van der Waals surface area contributed by atoms with E-state index in [-0.39, 0.29) is 17.6 Å². The number of aromatic nitrogens is 3. The maximum atomic E-state index is 12.4. The highest BCUT2D eigenvalue weighted by Crippen LogP contribution is 2.21. The zero-order chi connectivity index (χ0) is 15.2. The van der Waals surface area contributed by atoms with Crippen LogP contribution in [0.2, 0.25) is 0 Å². The molecule has 0 aliphatic carbocycles. The molecule has 0 saturated carbocycles. The van der Waals surface area contributed by atoms with Gasteiger partial charge >= 0.3 is 0 Å². The molecule has 2 aromatic heterocycles. The minimum atomic E-state index is -0.265. The second kappa shape index (κ2) is 6.58. The van der Waals surface area contributed by atoms with Crippen molar-refractivity contribution in [3.63, 3.8) is 0 Å². The van der Waals surface area contributed by atoms with Crippen molar-refractivity contribution < 1.29 is 4.79 Å². The third-order valence-electron chi connectivity index (χ3n) is 3.24. The molecule has 0 fully saturated rings. The number of pyridine rings is 1. The zero-order valence-corrected chi connectivity index (χ0v) is 11.8. The number of nitrogens with one attached hydrogen (secondary N) is 1. The molecular formula is C17H14N4O. The van der Waals surface area contributed by atoms with Gasteiger partial charge in [0, 0.05) is 24.8 Å². The van der Waals surface area contributed by atoms with Crippen LogP contribution in [-0.4, -0.2) is 20.9 Å². The Balaban J connectivity index is 1.91. The van der Waals surface area contributed by atoms with Gasteiger partial charge in [-0.1, -0.05) is 30.3 Å². The number of rotatable bonds is 4. The topological polar surface area (TPSA) is 67.8 Å². The predicted octanol–water partition coefficient (Wildman–Crippen LogP) is 2.39. The van der Waals surface area contributed by atoms with Crippen molar-refractivity contribution in [2.24, 2.45) is 0 Å². The average Bonchev–Trinajstić information content (AvgIpc) is 2.62. The van der Waals surface area contributed by atoms with E-state index in [4.69, 9.17) is 0 Å². The van der Waals surface area contributed by atoms with Crippen molar-refractivity contribution in [2.75, 3.05) is 0 Å². The van der Waals surface area contributed by atoms with Crippen LogP contribution in [0.4, 0.5) is 0 Å². The zero-order valence-electron chi connectivity index (χ0n) is 11.8. The Labute approximate surface area is 128 Å². The highest BCUT2D eigenvalue weighted by atomic mass is 16.1. The molecule has 3 rings (SSSR count). The average molecular weight is 290 g/mol. The van der Waals surface area contributed by atoms with Crippen LogP contribution in [0.25, 0.3) is 0 Å². The second-order valence-electron chi connectivity index (χ2n) is 4.69. The smallest absolute Gasteiger partial charge is 0.272 e. The van der Waals surface area contributed by atoms with Crippen LogP contribution in [0.3, 0.4) is 0 Å². The van der Waals surface area contributed by atoms with Crippen molar-refractivity contribution in [1.29, 1.82) is 0 Å². The molecule has 1 aromatic carbocycles. The van der Waals surface area contributed by atoms with Crippen molar-refractivity contribution in [3.8, 4) is 0 Å². The Bertz CT molecular complexity index is 693. The number of benzene rings is 1. The first-order chi connectivity index (χ1) is 10.8. The van der Waals surface area contributed by atoms with Crippen LogP contribution >= 0.6 is 0 Å². The van der Waals surface area contributed by atoms with Crippen LogP contribution < -0.4 is 5.32 Å². The van der Waals surface area contributed by atoms with E-state index >= 15 is 0 Å². The van der Waals surface area contributed by atoms with Gasteiger partial charge in [-0.25, -0.2) is 4.98 Å². The van der Waals surface area contributed by atoms with Crippen LogP contribution in [0.15, 0.2) is 73.4 Å². The molecular weight excluding hydrogens is 276 g/mol. The Kier molecular flexibility index (Phi) is 4.15. The Morgan fingerprint density at radius 2 is 1.59 bits per heavy atom. The molecule has 0 saturated heterocycles. The van der Waals surface area contributed by atoms with Gasteiger partial charge < -0.3 is 5.32 Å². The molecule has 22 heavy (non-hydrogen) atoms. The molecule has 1 amide bonds. The van der Waals surface area contributed by atoms with E-state index in [9.17, 15) is 4.79 Å². The summed E-state index contributed by atoms with van der Waals surface area (Å²) in [6, 6.07) is 13.3. The standard InChI is InChI=1S/C17H14N4O/c22-17(15-12-19-10-11-20-15)21-16(13-4-2-1-3-5-13)14-6-8-18-9-7-14/h1-12,16H,(H,21,22)/t16-/m0/s1. The lowest BCUT2D eigenvalue weighted by Crippen LogP contribution is -2.30. The molecule has 0 unspecified atom stereocenters. The van der Waals surface area contributed by atoms with Gasteiger partial charge in [0.15, 0.2) is 0 Å². The summed E-state index contributed by atoms with van der Waals surface area (Å²) in [4.78, 5) is 24.4. The van der Waals surface area contributed by atoms with E-state index in [1.165, 1.54) is 18.6 Å². The molecule has 5 heteroatoms. The Morgan fingerprint density at radius 3 is 2.27 bits per heavy atom. The SMILES string of the molecule is O=C(N[C@@H](c1ccccc1)c1ccncc1)c1cnccn1. The van der Waals surface area contributed by atoms with Gasteiger partial charge in [0.25, 0.3) is 5.91 Å². The van der Waals surface area contributed by atoms with Gasteiger partial charge in [0.1, 0.15) is 5.69 Å². The number of hydrogen-bond donors (Lipinski definition) is 1. The molecule has 0 aliphatic heterocycles. The molecule has 3 aromatic rings. The number of nitrogens with zero attached hydrogens (tertiary/aromatic N) is 3. The fourth-order valence-electron chi connectivity index (χ4n) is 2.18. The molecule has 5 nitrogen and oxygen atoms in total. The number of amides is 1. The van der Waals surface area contributed by atoms with Crippen molar-refractivity contribution in [1.82, 2.24) is 20.3 Å². The third kappa shape index (κ3) is 3.15. The van der Waals surface area contributed by atoms with E-state index in [2.05, 4.69) is 20.3 Å². The van der Waals surface area contributed by atoms with E-state index in [1.807, 2.05) is 42.5 Å². The van der Waals surface area contributed by atoms with Crippen LogP contribution in [-0.2, 0) is 0 Å².